The van der Waals surface area contributed by atoms with Crippen LogP contribution >= 0.6 is 31.9 Å². The number of rotatable bonds is 4. The van der Waals surface area contributed by atoms with Gasteiger partial charge in [0.15, 0.2) is 0 Å². The molecule has 2 rings (SSSR count). The molecule has 0 spiro atoms. The average Bonchev–Trinajstić information content (AvgIpc) is 2.87. The Morgan fingerprint density at radius 3 is 2.67 bits per heavy atom. The molecule has 15 heavy (non-hydrogen) atoms. The molecule has 1 aromatic rings. The molecule has 1 aliphatic rings. The van der Waals surface area contributed by atoms with E-state index in [1.54, 1.807) is 4.68 Å². The lowest BCUT2D eigenvalue weighted by atomic mass is 10.1. The number of nitro groups is 1. The van der Waals surface area contributed by atoms with E-state index >= 15 is 0 Å². The fourth-order valence-corrected chi connectivity index (χ4v) is 2.42. The first-order chi connectivity index (χ1) is 7.06. The lowest BCUT2D eigenvalue weighted by molar-refractivity contribution is -0.394. The van der Waals surface area contributed by atoms with Gasteiger partial charge in [-0.2, -0.15) is 4.68 Å². The van der Waals surface area contributed by atoms with Gasteiger partial charge in [0.25, 0.3) is 4.73 Å². The molecule has 0 atom stereocenters. The van der Waals surface area contributed by atoms with E-state index in [0.29, 0.717) is 11.3 Å². The van der Waals surface area contributed by atoms with Gasteiger partial charge in [-0.1, -0.05) is 15.9 Å². The van der Waals surface area contributed by atoms with Crippen LogP contribution in [0.2, 0.25) is 0 Å². The topological polar surface area (TPSA) is 73.8 Å². The Hall–Kier alpha value is -0.500. The molecule has 82 valence electrons. The second-order valence-corrected chi connectivity index (χ2v) is 5.00. The lowest BCUT2D eigenvalue weighted by Crippen LogP contribution is -2.14. The van der Waals surface area contributed by atoms with E-state index < -0.39 is 4.92 Å². The Bertz CT molecular complexity index is 402. The lowest BCUT2D eigenvalue weighted by Gasteiger charge is -2.07. The van der Waals surface area contributed by atoms with Gasteiger partial charge in [-0.3, -0.25) is 0 Å². The van der Waals surface area contributed by atoms with E-state index in [9.17, 15) is 10.1 Å². The molecule has 1 aliphatic carbocycles. The van der Waals surface area contributed by atoms with Gasteiger partial charge >= 0.3 is 5.95 Å². The van der Waals surface area contributed by atoms with Gasteiger partial charge < -0.3 is 10.1 Å². The van der Waals surface area contributed by atoms with Crippen LogP contribution in [0.5, 0.6) is 0 Å². The van der Waals surface area contributed by atoms with E-state index in [-0.39, 0.29) is 11.4 Å². The summed E-state index contributed by atoms with van der Waals surface area (Å²) in [6, 6.07) is 0. The van der Waals surface area contributed by atoms with Crippen molar-refractivity contribution in [1.82, 2.24) is 14.8 Å². The standard InChI is InChI=1S/C7H8Br2N4O2/c8-3-7(1-2-7)4-12-5(9)10-6(11-12)13(14)15/h1-4H2. The van der Waals surface area contributed by atoms with E-state index in [4.69, 9.17) is 0 Å². The van der Waals surface area contributed by atoms with E-state index in [1.165, 1.54) is 0 Å². The minimum atomic E-state index is -0.588. The fourth-order valence-electron chi connectivity index (χ4n) is 1.32. The van der Waals surface area contributed by atoms with Crippen LogP contribution in [0, 0.1) is 15.5 Å². The molecular formula is C7H8Br2N4O2. The second-order valence-electron chi connectivity index (χ2n) is 3.73. The van der Waals surface area contributed by atoms with Crippen LogP contribution in [-0.2, 0) is 6.54 Å². The Balaban J connectivity index is 2.18. The molecule has 1 saturated carbocycles. The Kier molecular flexibility index (Phi) is 2.80. The minimum absolute atomic E-state index is 0.212. The predicted molar refractivity (Wildman–Crippen MR) is 59.8 cm³/mol. The zero-order chi connectivity index (χ0) is 11.1. The number of alkyl halides is 1. The average molecular weight is 340 g/mol. The summed E-state index contributed by atoms with van der Waals surface area (Å²) < 4.78 is 1.97. The van der Waals surface area contributed by atoms with Gasteiger partial charge in [0.1, 0.15) is 0 Å². The van der Waals surface area contributed by atoms with Gasteiger partial charge in [-0.05, 0) is 22.7 Å². The first-order valence-corrected chi connectivity index (χ1v) is 6.28. The molecule has 0 aromatic carbocycles. The van der Waals surface area contributed by atoms with Crippen molar-refractivity contribution in [2.45, 2.75) is 19.4 Å². The maximum Gasteiger partial charge on any atom is 0.492 e. The third-order valence-corrected chi connectivity index (χ3v) is 4.28. The summed E-state index contributed by atoms with van der Waals surface area (Å²) in [5, 5.41) is 15.2. The van der Waals surface area contributed by atoms with Crippen molar-refractivity contribution in [3.05, 3.63) is 14.8 Å². The van der Waals surface area contributed by atoms with Gasteiger partial charge in [-0.25, -0.2) is 0 Å². The van der Waals surface area contributed by atoms with Crippen LogP contribution in [0.15, 0.2) is 4.73 Å². The van der Waals surface area contributed by atoms with Crippen molar-refractivity contribution in [2.24, 2.45) is 5.41 Å². The number of aromatic nitrogens is 3. The quantitative estimate of drug-likeness (QED) is 0.478. The molecule has 0 bridgehead atoms. The van der Waals surface area contributed by atoms with Gasteiger partial charge in [0.2, 0.25) is 0 Å². The molecular weight excluding hydrogens is 332 g/mol. The first kappa shape index (κ1) is 11.0. The monoisotopic (exact) mass is 338 g/mol. The van der Waals surface area contributed by atoms with E-state index in [2.05, 4.69) is 41.9 Å². The molecule has 0 radical (unpaired) electrons. The molecule has 1 fully saturated rings. The van der Waals surface area contributed by atoms with Crippen molar-refractivity contribution >= 4 is 37.8 Å². The highest BCUT2D eigenvalue weighted by Crippen LogP contribution is 2.48. The fraction of sp³-hybridized carbons (Fsp3) is 0.714. The Labute approximate surface area is 102 Å². The zero-order valence-electron chi connectivity index (χ0n) is 7.69. The van der Waals surface area contributed by atoms with Crippen molar-refractivity contribution in [1.29, 1.82) is 0 Å². The highest BCUT2D eigenvalue weighted by Gasteiger charge is 2.43. The molecule has 0 saturated heterocycles. The SMILES string of the molecule is O=[N+]([O-])c1nc(Br)n(CC2(CBr)CC2)n1. The Morgan fingerprint density at radius 2 is 2.27 bits per heavy atom. The minimum Gasteiger partial charge on any atom is -0.390 e. The second kappa shape index (κ2) is 3.82. The predicted octanol–water partition coefficient (Wildman–Crippen LogP) is 2.12. The van der Waals surface area contributed by atoms with E-state index in [1.807, 2.05) is 0 Å². The Morgan fingerprint density at radius 1 is 1.60 bits per heavy atom. The molecule has 1 aromatic heterocycles. The van der Waals surface area contributed by atoms with Crippen LogP contribution in [0.4, 0.5) is 5.95 Å². The van der Waals surface area contributed by atoms with Crippen molar-refractivity contribution < 1.29 is 4.92 Å². The van der Waals surface area contributed by atoms with Crippen LogP contribution in [0.3, 0.4) is 0 Å². The molecule has 0 N–H and O–H groups in total. The summed E-state index contributed by atoms with van der Waals surface area (Å²) in [7, 11) is 0. The summed E-state index contributed by atoms with van der Waals surface area (Å²) >= 11 is 6.61. The van der Waals surface area contributed by atoms with Crippen LogP contribution < -0.4 is 0 Å². The van der Waals surface area contributed by atoms with Crippen LogP contribution in [0.1, 0.15) is 12.8 Å². The number of nitrogens with zero attached hydrogens (tertiary/aromatic N) is 4. The molecule has 6 nitrogen and oxygen atoms in total. The normalized spacial score (nSPS) is 17.7. The van der Waals surface area contributed by atoms with Gasteiger partial charge in [0.05, 0.1) is 6.54 Å². The van der Waals surface area contributed by atoms with Gasteiger partial charge in [0, 0.05) is 31.8 Å². The highest BCUT2D eigenvalue weighted by molar-refractivity contribution is 9.10. The summed E-state index contributed by atoms with van der Waals surface area (Å²) in [5.41, 5.74) is 0.212. The molecule has 0 aliphatic heterocycles. The third-order valence-electron chi connectivity index (χ3n) is 2.50. The van der Waals surface area contributed by atoms with Crippen molar-refractivity contribution in [2.75, 3.05) is 5.33 Å². The third kappa shape index (κ3) is 2.20. The maximum absolute atomic E-state index is 10.5. The summed E-state index contributed by atoms with van der Waals surface area (Å²) in [6.07, 6.45) is 2.25. The summed E-state index contributed by atoms with van der Waals surface area (Å²) in [5.74, 6) is -0.354. The number of hydrogen-bond acceptors (Lipinski definition) is 4. The highest BCUT2D eigenvalue weighted by atomic mass is 79.9. The van der Waals surface area contributed by atoms with E-state index in [0.717, 1.165) is 18.2 Å². The smallest absolute Gasteiger partial charge is 0.390 e. The zero-order valence-corrected chi connectivity index (χ0v) is 10.9. The molecule has 8 heteroatoms. The number of halogens is 2. The van der Waals surface area contributed by atoms with Crippen molar-refractivity contribution in [3.8, 4) is 0 Å². The molecule has 1 heterocycles. The van der Waals surface area contributed by atoms with Gasteiger partial charge in [-0.15, -0.1) is 0 Å². The summed E-state index contributed by atoms with van der Waals surface area (Å²) in [4.78, 5) is 13.6. The maximum atomic E-state index is 10.5. The van der Waals surface area contributed by atoms with Crippen LogP contribution in [0.25, 0.3) is 0 Å². The largest absolute Gasteiger partial charge is 0.492 e. The van der Waals surface area contributed by atoms with Crippen molar-refractivity contribution in [3.63, 3.8) is 0 Å². The molecule has 0 amide bonds. The van der Waals surface area contributed by atoms with Crippen LogP contribution in [-0.4, -0.2) is 25.0 Å². The number of hydrogen-bond donors (Lipinski definition) is 0. The summed E-state index contributed by atoms with van der Waals surface area (Å²) in [6.45, 7) is 0.666. The first-order valence-electron chi connectivity index (χ1n) is 4.37. The molecule has 0 unspecified atom stereocenters.